The minimum absolute atomic E-state index is 0.0479. The van der Waals surface area contributed by atoms with Crippen molar-refractivity contribution >= 4 is 5.78 Å². The van der Waals surface area contributed by atoms with E-state index >= 15 is 0 Å². The zero-order chi connectivity index (χ0) is 29.8. The molecule has 4 aliphatic carbocycles. The lowest BCUT2D eigenvalue weighted by Gasteiger charge is -2.63. The van der Waals surface area contributed by atoms with Gasteiger partial charge in [-0.3, -0.25) is 4.79 Å². The van der Waals surface area contributed by atoms with Crippen LogP contribution in [0.3, 0.4) is 0 Å². The number of methoxy groups -OCH3 is 1. The first-order valence-corrected chi connectivity index (χ1v) is 16.0. The quantitative estimate of drug-likeness (QED) is 0.351. The number of rotatable bonds is 9. The Morgan fingerprint density at radius 1 is 0.902 bits per heavy atom. The van der Waals surface area contributed by atoms with Gasteiger partial charge in [-0.05, 0) is 102 Å². The van der Waals surface area contributed by atoms with Crippen molar-refractivity contribution < 1.29 is 43.8 Å². The smallest absolute Gasteiger partial charge is 0.192 e. The molecule has 236 valence electrons. The standard InChI is InChI=1S/C32H54O9/c1-7-38-18-30(34)20(3)40-27(31(35,19-39-8-2)26(30)37-6)41-22-11-14-28(4)21(17-22)9-10-24-23(28)12-15-29(5)25(33)13-16-32(24,29)36/h20-24,26-27,34-36H,7-19H2,1-6H3/t20-,21?,22?,23-,24-,26+,27+,28+,29-,30-,31-,32-/m1/s1. The van der Waals surface area contributed by atoms with E-state index in [4.69, 9.17) is 23.7 Å². The summed E-state index contributed by atoms with van der Waals surface area (Å²) in [4.78, 5) is 12.8. The first-order chi connectivity index (χ1) is 19.3. The lowest BCUT2D eigenvalue weighted by molar-refractivity contribution is -0.386. The van der Waals surface area contributed by atoms with Crippen LogP contribution >= 0.6 is 0 Å². The fourth-order valence-electron chi connectivity index (χ4n) is 9.87. The highest BCUT2D eigenvalue weighted by Gasteiger charge is 2.68. The normalized spacial score (nSPS) is 51.6. The molecule has 0 bridgehead atoms. The van der Waals surface area contributed by atoms with Crippen LogP contribution < -0.4 is 0 Å². The second kappa shape index (κ2) is 11.4. The van der Waals surface area contributed by atoms with Crippen LogP contribution in [0.5, 0.6) is 0 Å². The van der Waals surface area contributed by atoms with E-state index < -0.39 is 40.7 Å². The van der Waals surface area contributed by atoms with Crippen LogP contribution in [0, 0.1) is 28.6 Å². The van der Waals surface area contributed by atoms with E-state index in [0.29, 0.717) is 37.9 Å². The monoisotopic (exact) mass is 582 g/mol. The summed E-state index contributed by atoms with van der Waals surface area (Å²) in [5.41, 5.74) is -4.74. The minimum atomic E-state index is -1.74. The van der Waals surface area contributed by atoms with Crippen LogP contribution in [0.25, 0.3) is 0 Å². The van der Waals surface area contributed by atoms with Crippen molar-refractivity contribution in [2.24, 2.45) is 28.6 Å². The van der Waals surface area contributed by atoms with Gasteiger partial charge in [0.05, 0.1) is 36.4 Å². The van der Waals surface area contributed by atoms with E-state index in [1.807, 2.05) is 20.8 Å². The third-order valence-electron chi connectivity index (χ3n) is 12.5. The van der Waals surface area contributed by atoms with Crippen molar-refractivity contribution in [3.63, 3.8) is 0 Å². The number of carbonyl (C=O) groups is 1. The zero-order valence-corrected chi connectivity index (χ0v) is 26.0. The number of carbonyl (C=O) groups excluding carboxylic acids is 1. The van der Waals surface area contributed by atoms with Gasteiger partial charge in [-0.25, -0.2) is 0 Å². The lowest BCUT2D eigenvalue weighted by Crippen LogP contribution is -2.75. The molecule has 0 amide bonds. The van der Waals surface area contributed by atoms with Gasteiger partial charge < -0.3 is 39.0 Å². The number of fused-ring (bicyclic) bond motifs is 5. The van der Waals surface area contributed by atoms with E-state index in [1.165, 1.54) is 7.11 Å². The molecule has 0 radical (unpaired) electrons. The fraction of sp³-hybridized carbons (Fsp3) is 0.969. The van der Waals surface area contributed by atoms with Gasteiger partial charge in [-0.15, -0.1) is 0 Å². The molecular weight excluding hydrogens is 528 g/mol. The van der Waals surface area contributed by atoms with Crippen LogP contribution in [-0.2, 0) is 28.5 Å². The lowest BCUT2D eigenvalue weighted by atomic mass is 9.44. The summed E-state index contributed by atoms with van der Waals surface area (Å²) < 4.78 is 29.9. The third kappa shape index (κ3) is 4.76. The molecule has 9 heteroatoms. The maximum atomic E-state index is 12.8. The molecule has 0 aromatic heterocycles. The number of Topliss-reactive ketones (excluding diaryl/α,β-unsaturated/α-hetero) is 1. The molecule has 5 aliphatic rings. The minimum Gasteiger partial charge on any atom is -0.389 e. The summed E-state index contributed by atoms with van der Waals surface area (Å²) in [5, 5.41) is 35.6. The van der Waals surface area contributed by atoms with Crippen LogP contribution in [0.2, 0.25) is 0 Å². The average Bonchev–Trinajstić information content (AvgIpc) is 3.19. The maximum absolute atomic E-state index is 12.8. The summed E-state index contributed by atoms with van der Waals surface area (Å²) in [5.74, 6) is 1.21. The Morgan fingerprint density at radius 3 is 2.24 bits per heavy atom. The van der Waals surface area contributed by atoms with Crippen LogP contribution in [0.15, 0.2) is 0 Å². The van der Waals surface area contributed by atoms with Gasteiger partial charge in [-0.2, -0.15) is 0 Å². The summed E-state index contributed by atoms with van der Waals surface area (Å²) in [6, 6.07) is 0. The first-order valence-electron chi connectivity index (χ1n) is 16.0. The number of hydrogen-bond acceptors (Lipinski definition) is 9. The van der Waals surface area contributed by atoms with Crippen molar-refractivity contribution in [3.8, 4) is 0 Å². The maximum Gasteiger partial charge on any atom is 0.192 e. The molecule has 2 unspecified atom stereocenters. The third-order valence-corrected chi connectivity index (χ3v) is 12.5. The molecule has 0 spiro atoms. The Hall–Kier alpha value is -0.650. The number of hydrogen-bond donors (Lipinski definition) is 3. The van der Waals surface area contributed by atoms with Crippen LogP contribution in [0.4, 0.5) is 0 Å². The van der Waals surface area contributed by atoms with Gasteiger partial charge >= 0.3 is 0 Å². The van der Waals surface area contributed by atoms with E-state index in [2.05, 4.69) is 6.92 Å². The molecule has 5 fully saturated rings. The first kappa shape index (κ1) is 31.8. The Morgan fingerprint density at radius 2 is 1.59 bits per heavy atom. The van der Waals surface area contributed by atoms with Crippen molar-refractivity contribution in [2.75, 3.05) is 33.5 Å². The van der Waals surface area contributed by atoms with E-state index in [1.54, 1.807) is 6.92 Å². The topological polar surface area (TPSA) is 124 Å². The Bertz CT molecular complexity index is 961. The van der Waals surface area contributed by atoms with Gasteiger partial charge in [0.1, 0.15) is 17.5 Å². The van der Waals surface area contributed by atoms with Crippen LogP contribution in [0.1, 0.15) is 92.4 Å². The molecule has 41 heavy (non-hydrogen) atoms. The van der Waals surface area contributed by atoms with E-state index in [9.17, 15) is 20.1 Å². The number of aliphatic hydroxyl groups is 3. The molecule has 0 aromatic carbocycles. The second-order valence-electron chi connectivity index (χ2n) is 14.2. The Balaban J connectivity index is 1.33. The molecule has 3 N–H and O–H groups in total. The molecule has 9 nitrogen and oxygen atoms in total. The molecule has 0 aromatic rings. The van der Waals surface area contributed by atoms with Gasteiger partial charge in [0.15, 0.2) is 11.9 Å². The summed E-state index contributed by atoms with van der Waals surface area (Å²) in [6.07, 6.45) is 4.46. The van der Waals surface area contributed by atoms with Crippen molar-refractivity contribution in [1.29, 1.82) is 0 Å². The highest BCUT2D eigenvalue weighted by molar-refractivity contribution is 5.88. The van der Waals surface area contributed by atoms with Gasteiger partial charge in [0.2, 0.25) is 0 Å². The summed E-state index contributed by atoms with van der Waals surface area (Å²) in [7, 11) is 1.47. The largest absolute Gasteiger partial charge is 0.389 e. The highest BCUT2D eigenvalue weighted by atomic mass is 16.7. The Kier molecular flexibility index (Phi) is 8.81. The molecule has 1 saturated heterocycles. The van der Waals surface area contributed by atoms with Gasteiger partial charge in [0, 0.05) is 26.7 Å². The second-order valence-corrected chi connectivity index (χ2v) is 14.2. The van der Waals surface area contributed by atoms with Gasteiger partial charge in [-0.1, -0.05) is 6.92 Å². The van der Waals surface area contributed by atoms with E-state index in [0.717, 1.165) is 44.9 Å². The van der Waals surface area contributed by atoms with Crippen molar-refractivity contribution in [1.82, 2.24) is 0 Å². The predicted octanol–water partition coefficient (Wildman–Crippen LogP) is 3.39. The molecule has 1 heterocycles. The SMILES string of the molecule is CCOC[C@]1(O)[C@H](OC2CC[C@@]3(C)C(CC[C@@H]4[C@H]3CC[C@]3(C)C(=O)CC[C@@]43O)C2)O[C@H](C)[C@](O)(COCC)[C@@H]1OC. The summed E-state index contributed by atoms with van der Waals surface area (Å²) in [6.45, 7) is 10.5. The summed E-state index contributed by atoms with van der Waals surface area (Å²) >= 11 is 0. The number of ketones is 1. The highest BCUT2D eigenvalue weighted by Crippen LogP contribution is 2.67. The van der Waals surface area contributed by atoms with Crippen molar-refractivity contribution in [3.05, 3.63) is 0 Å². The average molecular weight is 583 g/mol. The molecular formula is C32H54O9. The van der Waals surface area contributed by atoms with Crippen LogP contribution in [-0.4, -0.2) is 96.0 Å². The fourth-order valence-corrected chi connectivity index (χ4v) is 9.87. The Labute approximate surface area is 245 Å². The molecule has 5 rings (SSSR count). The van der Waals surface area contributed by atoms with Gasteiger partial charge in [0.25, 0.3) is 0 Å². The zero-order valence-electron chi connectivity index (χ0n) is 26.0. The molecule has 1 aliphatic heterocycles. The number of ether oxygens (including phenoxy) is 5. The van der Waals surface area contributed by atoms with Crippen molar-refractivity contribution in [2.45, 2.75) is 134 Å². The predicted molar refractivity (Wildman–Crippen MR) is 151 cm³/mol. The van der Waals surface area contributed by atoms with E-state index in [-0.39, 0.29) is 36.4 Å². The molecule has 12 atom stereocenters. The molecule has 4 saturated carbocycles.